The van der Waals surface area contributed by atoms with Gasteiger partial charge in [0.2, 0.25) is 5.91 Å². The molecule has 7 heteroatoms. The van der Waals surface area contributed by atoms with Crippen molar-refractivity contribution in [3.8, 4) is 0 Å². The van der Waals surface area contributed by atoms with E-state index in [1.165, 1.54) is 6.42 Å². The first-order chi connectivity index (χ1) is 14.0. The predicted molar refractivity (Wildman–Crippen MR) is 116 cm³/mol. The molecule has 29 heavy (non-hydrogen) atoms. The van der Waals surface area contributed by atoms with E-state index in [0.29, 0.717) is 24.9 Å². The number of aliphatic imine (C=N–C) groups is 1. The topological polar surface area (TPSA) is 64.3 Å². The van der Waals surface area contributed by atoms with Crippen LogP contribution in [0.5, 0.6) is 0 Å². The summed E-state index contributed by atoms with van der Waals surface area (Å²) in [6.07, 6.45) is 3.74. The summed E-state index contributed by atoms with van der Waals surface area (Å²) in [7, 11) is 0. The molecule has 0 spiro atoms. The lowest BCUT2D eigenvalue weighted by Gasteiger charge is -2.39. The van der Waals surface area contributed by atoms with E-state index in [1.807, 2.05) is 12.1 Å². The number of carbonyl (C=O) groups excluding carboxylic acids is 1. The first kappa shape index (κ1) is 21.7. The minimum atomic E-state index is 0.288. The lowest BCUT2D eigenvalue weighted by atomic mass is 9.92. The van der Waals surface area contributed by atoms with Crippen molar-refractivity contribution in [2.45, 2.75) is 33.6 Å². The van der Waals surface area contributed by atoms with Gasteiger partial charge in [-0.2, -0.15) is 0 Å². The minimum absolute atomic E-state index is 0.288. The molecule has 3 heterocycles. The molecule has 2 atom stereocenters. The van der Waals surface area contributed by atoms with Crippen LogP contribution in [0.4, 0.5) is 0 Å². The number of hydrogen-bond donors (Lipinski definition) is 1. The van der Waals surface area contributed by atoms with Gasteiger partial charge in [-0.15, -0.1) is 0 Å². The maximum Gasteiger partial charge on any atom is 0.236 e. The fraction of sp³-hybridized carbons (Fsp3) is 0.727. The summed E-state index contributed by atoms with van der Waals surface area (Å²) < 4.78 is 5.39. The molecule has 0 aromatic carbocycles. The molecular formula is C22H37N5O2. The zero-order valence-electron chi connectivity index (χ0n) is 18.3. The van der Waals surface area contributed by atoms with Gasteiger partial charge in [0.05, 0.1) is 12.8 Å². The van der Waals surface area contributed by atoms with Crippen LogP contribution >= 0.6 is 0 Å². The molecule has 162 valence electrons. The van der Waals surface area contributed by atoms with E-state index >= 15 is 0 Å². The van der Waals surface area contributed by atoms with Gasteiger partial charge in [-0.25, -0.2) is 0 Å². The average Bonchev–Trinajstić information content (AvgIpc) is 3.21. The van der Waals surface area contributed by atoms with Crippen LogP contribution in [-0.4, -0.2) is 85.5 Å². The van der Waals surface area contributed by atoms with Crippen LogP contribution in [0, 0.1) is 11.8 Å². The highest BCUT2D eigenvalue weighted by molar-refractivity contribution is 5.80. The Morgan fingerprint density at radius 2 is 1.90 bits per heavy atom. The van der Waals surface area contributed by atoms with E-state index in [2.05, 4.69) is 40.8 Å². The summed E-state index contributed by atoms with van der Waals surface area (Å²) >= 11 is 0. The van der Waals surface area contributed by atoms with E-state index < -0.39 is 0 Å². The second kappa shape index (κ2) is 10.7. The van der Waals surface area contributed by atoms with Gasteiger partial charge >= 0.3 is 0 Å². The van der Waals surface area contributed by atoms with Crippen LogP contribution in [0.25, 0.3) is 0 Å². The van der Waals surface area contributed by atoms with Gasteiger partial charge < -0.3 is 19.5 Å². The smallest absolute Gasteiger partial charge is 0.236 e. The molecule has 1 N–H and O–H groups in total. The zero-order valence-corrected chi connectivity index (χ0v) is 18.3. The molecule has 0 radical (unpaired) electrons. The van der Waals surface area contributed by atoms with Gasteiger partial charge in [0.15, 0.2) is 5.96 Å². The first-order valence-corrected chi connectivity index (χ1v) is 11.1. The van der Waals surface area contributed by atoms with Gasteiger partial charge in [-0.05, 0) is 37.3 Å². The number of nitrogens with one attached hydrogen (secondary N) is 1. The van der Waals surface area contributed by atoms with Gasteiger partial charge in [0.1, 0.15) is 5.76 Å². The molecule has 0 bridgehead atoms. The van der Waals surface area contributed by atoms with Crippen molar-refractivity contribution in [2.75, 3.05) is 58.9 Å². The van der Waals surface area contributed by atoms with Gasteiger partial charge in [-0.1, -0.05) is 13.8 Å². The molecule has 3 rings (SSSR count). The summed E-state index contributed by atoms with van der Waals surface area (Å²) in [6, 6.07) is 3.90. The van der Waals surface area contributed by atoms with Crippen LogP contribution in [0.15, 0.2) is 27.8 Å². The quantitative estimate of drug-likeness (QED) is 0.581. The van der Waals surface area contributed by atoms with Crippen LogP contribution in [0.1, 0.15) is 33.0 Å². The van der Waals surface area contributed by atoms with Gasteiger partial charge in [0, 0.05) is 58.8 Å². The van der Waals surface area contributed by atoms with Crippen LogP contribution in [-0.2, 0) is 11.2 Å². The van der Waals surface area contributed by atoms with Gasteiger partial charge in [0.25, 0.3) is 0 Å². The number of piperidine rings is 1. The third-order valence-electron chi connectivity index (χ3n) is 5.79. The first-order valence-electron chi connectivity index (χ1n) is 11.1. The summed E-state index contributed by atoms with van der Waals surface area (Å²) in [5.74, 6) is 3.44. The van der Waals surface area contributed by atoms with Crippen molar-refractivity contribution in [2.24, 2.45) is 16.8 Å². The number of nitrogens with zero attached hydrogens (tertiary/aromatic N) is 4. The van der Waals surface area contributed by atoms with Crippen LogP contribution < -0.4 is 5.32 Å². The molecule has 1 aromatic rings. The standard InChI is InChI=1S/C22H37N5O2/c1-4-23-22(24-8-7-20-6-5-13-29-20)26-11-9-25(10-12-26)17-21(28)27-15-18(2)14-19(3)16-27/h5-6,13,18-19H,4,7-12,14-17H2,1-3H3,(H,23,24). The van der Waals surface area contributed by atoms with Gasteiger partial charge in [-0.3, -0.25) is 14.7 Å². The molecule has 1 aromatic heterocycles. The molecule has 2 aliphatic heterocycles. The van der Waals surface area contributed by atoms with E-state index in [4.69, 9.17) is 9.41 Å². The molecule has 2 fully saturated rings. The summed E-state index contributed by atoms with van der Waals surface area (Å²) in [6.45, 7) is 14.1. The maximum absolute atomic E-state index is 12.8. The summed E-state index contributed by atoms with van der Waals surface area (Å²) in [5, 5.41) is 3.40. The lowest BCUT2D eigenvalue weighted by molar-refractivity contribution is -0.135. The SMILES string of the molecule is CCNC(=NCCc1ccco1)N1CCN(CC(=O)N2CC(C)CC(C)C2)CC1. The number of piperazine rings is 1. The Hall–Kier alpha value is -2.02. The largest absolute Gasteiger partial charge is 0.469 e. The van der Waals surface area contributed by atoms with Crippen LogP contribution in [0.2, 0.25) is 0 Å². The number of furan rings is 1. The van der Waals surface area contributed by atoms with Crippen molar-refractivity contribution in [1.29, 1.82) is 0 Å². The predicted octanol–water partition coefficient (Wildman–Crippen LogP) is 1.91. The van der Waals surface area contributed by atoms with E-state index in [0.717, 1.165) is 64.0 Å². The molecule has 7 nitrogen and oxygen atoms in total. The molecule has 2 unspecified atom stereocenters. The zero-order chi connectivity index (χ0) is 20.6. The number of guanidine groups is 1. The fourth-order valence-electron chi connectivity index (χ4n) is 4.43. The summed E-state index contributed by atoms with van der Waals surface area (Å²) in [4.78, 5) is 24.2. The Bertz CT molecular complexity index is 642. The molecular weight excluding hydrogens is 366 g/mol. The highest BCUT2D eigenvalue weighted by Gasteiger charge is 2.28. The Kier molecular flexibility index (Phi) is 7.98. The fourth-order valence-corrected chi connectivity index (χ4v) is 4.43. The molecule has 1 amide bonds. The Balaban J connectivity index is 1.45. The van der Waals surface area contributed by atoms with E-state index in [9.17, 15) is 4.79 Å². The normalized spacial score (nSPS) is 24.0. The monoisotopic (exact) mass is 403 g/mol. The van der Waals surface area contributed by atoms with Crippen molar-refractivity contribution >= 4 is 11.9 Å². The number of amides is 1. The molecule has 2 saturated heterocycles. The molecule has 0 saturated carbocycles. The highest BCUT2D eigenvalue weighted by atomic mass is 16.3. The number of hydrogen-bond acceptors (Lipinski definition) is 4. The van der Waals surface area contributed by atoms with Crippen molar-refractivity contribution in [1.82, 2.24) is 20.0 Å². The minimum Gasteiger partial charge on any atom is -0.469 e. The number of likely N-dealkylation sites (tertiary alicyclic amines) is 1. The van der Waals surface area contributed by atoms with Crippen molar-refractivity contribution in [3.63, 3.8) is 0 Å². The average molecular weight is 404 g/mol. The third kappa shape index (κ3) is 6.49. The Morgan fingerprint density at radius 3 is 2.52 bits per heavy atom. The number of rotatable bonds is 6. The Labute approximate surface area is 175 Å². The highest BCUT2D eigenvalue weighted by Crippen LogP contribution is 2.21. The lowest BCUT2D eigenvalue weighted by Crippen LogP contribution is -2.55. The third-order valence-corrected chi connectivity index (χ3v) is 5.79. The van der Waals surface area contributed by atoms with Crippen molar-refractivity contribution in [3.05, 3.63) is 24.2 Å². The number of carbonyl (C=O) groups is 1. The summed E-state index contributed by atoms with van der Waals surface area (Å²) in [5.41, 5.74) is 0. The second-order valence-corrected chi connectivity index (χ2v) is 8.57. The second-order valence-electron chi connectivity index (χ2n) is 8.57. The maximum atomic E-state index is 12.8. The Morgan fingerprint density at radius 1 is 1.17 bits per heavy atom. The van der Waals surface area contributed by atoms with Crippen LogP contribution in [0.3, 0.4) is 0 Å². The molecule has 0 aliphatic carbocycles. The van der Waals surface area contributed by atoms with E-state index in [-0.39, 0.29) is 5.91 Å². The van der Waals surface area contributed by atoms with E-state index in [1.54, 1.807) is 6.26 Å². The molecule has 2 aliphatic rings. The van der Waals surface area contributed by atoms with Crippen molar-refractivity contribution < 1.29 is 9.21 Å².